The summed E-state index contributed by atoms with van der Waals surface area (Å²) in [6, 6.07) is 9.23. The van der Waals surface area contributed by atoms with E-state index in [2.05, 4.69) is 0 Å². The van der Waals surface area contributed by atoms with E-state index in [-0.39, 0.29) is 6.42 Å². The van der Waals surface area contributed by atoms with E-state index in [0.717, 1.165) is 18.0 Å². The molecule has 134 valence electrons. The van der Waals surface area contributed by atoms with Gasteiger partial charge in [-0.3, -0.25) is 8.98 Å². The lowest BCUT2D eigenvalue weighted by molar-refractivity contribution is -0.162. The Kier molecular flexibility index (Phi) is 6.98. The van der Waals surface area contributed by atoms with Crippen molar-refractivity contribution in [2.24, 2.45) is 11.7 Å². The van der Waals surface area contributed by atoms with Crippen molar-refractivity contribution in [3.05, 3.63) is 48.2 Å². The zero-order chi connectivity index (χ0) is 18.4. The van der Waals surface area contributed by atoms with E-state index in [9.17, 15) is 13.2 Å². The van der Waals surface area contributed by atoms with E-state index < -0.39 is 33.7 Å². The topological polar surface area (TPSA) is 95.7 Å². The first-order valence-corrected chi connectivity index (χ1v) is 9.37. The number of carbonyl (C=O) groups is 1. The molecule has 1 rings (SSSR count). The minimum absolute atomic E-state index is 0.264. The van der Waals surface area contributed by atoms with Crippen LogP contribution in [0, 0.1) is 5.92 Å². The fourth-order valence-corrected chi connectivity index (χ4v) is 2.73. The summed E-state index contributed by atoms with van der Waals surface area (Å²) in [4.78, 5) is 12.6. The van der Waals surface area contributed by atoms with Crippen LogP contribution in [0.1, 0.15) is 26.3 Å². The minimum Gasteiger partial charge on any atom is -0.460 e. The summed E-state index contributed by atoms with van der Waals surface area (Å²) in [5.41, 5.74) is 5.56. The molecule has 2 N–H and O–H groups in total. The van der Waals surface area contributed by atoms with Crippen LogP contribution in [-0.2, 0) is 30.3 Å². The summed E-state index contributed by atoms with van der Waals surface area (Å²) in [5.74, 6) is -1.39. The lowest BCUT2D eigenvalue weighted by atomic mass is 9.93. The molecule has 7 heteroatoms. The lowest BCUT2D eigenvalue weighted by Crippen LogP contribution is -2.37. The summed E-state index contributed by atoms with van der Waals surface area (Å²) in [6.07, 6.45) is 2.66. The predicted molar refractivity (Wildman–Crippen MR) is 92.5 cm³/mol. The molecule has 0 bridgehead atoms. The minimum atomic E-state index is -3.77. The third-order valence-electron chi connectivity index (χ3n) is 2.99. The van der Waals surface area contributed by atoms with Crippen molar-refractivity contribution in [3.8, 4) is 0 Å². The first-order chi connectivity index (χ1) is 11.0. The molecule has 0 saturated heterocycles. The highest BCUT2D eigenvalue weighted by Crippen LogP contribution is 2.22. The molecule has 0 saturated carbocycles. The number of hydrogen-bond acceptors (Lipinski definition) is 6. The summed E-state index contributed by atoms with van der Waals surface area (Å²) in [5, 5.41) is 0. The van der Waals surface area contributed by atoms with Crippen LogP contribution < -0.4 is 5.73 Å². The monoisotopic (exact) mass is 355 g/mol. The van der Waals surface area contributed by atoms with Crippen LogP contribution in [-0.4, -0.2) is 32.3 Å². The van der Waals surface area contributed by atoms with Gasteiger partial charge >= 0.3 is 5.97 Å². The van der Waals surface area contributed by atoms with Crippen LogP contribution in [0.4, 0.5) is 0 Å². The highest BCUT2D eigenvalue weighted by molar-refractivity contribution is 7.86. The van der Waals surface area contributed by atoms with Crippen LogP contribution in [0.15, 0.2) is 42.6 Å². The first kappa shape index (κ1) is 20.2. The molecular formula is C17H25NO5S. The number of ether oxygens (including phenoxy) is 1. The summed E-state index contributed by atoms with van der Waals surface area (Å²) in [6.45, 7) is 5.24. The van der Waals surface area contributed by atoms with Gasteiger partial charge in [0.15, 0.2) is 0 Å². The highest BCUT2D eigenvalue weighted by atomic mass is 32.2. The van der Waals surface area contributed by atoms with Crippen molar-refractivity contribution in [3.63, 3.8) is 0 Å². The van der Waals surface area contributed by atoms with Gasteiger partial charge in [-0.15, -0.1) is 0 Å². The lowest BCUT2D eigenvalue weighted by Gasteiger charge is -2.27. The van der Waals surface area contributed by atoms with Crippen molar-refractivity contribution in [1.82, 2.24) is 0 Å². The third-order valence-corrected chi connectivity index (χ3v) is 3.56. The van der Waals surface area contributed by atoms with Crippen LogP contribution >= 0.6 is 0 Å². The molecule has 0 fully saturated rings. The van der Waals surface area contributed by atoms with Gasteiger partial charge in [0, 0.05) is 0 Å². The molecule has 0 heterocycles. The Morgan fingerprint density at radius 1 is 1.25 bits per heavy atom. The van der Waals surface area contributed by atoms with E-state index in [1.165, 1.54) is 6.08 Å². The van der Waals surface area contributed by atoms with Crippen molar-refractivity contribution >= 4 is 16.1 Å². The SMILES string of the molecule is CC(C)(C)OC(=O)C(Cc1ccccc1)C(C=CN)OS(C)(=O)=O. The van der Waals surface area contributed by atoms with E-state index in [0.29, 0.717) is 0 Å². The number of esters is 1. The molecule has 2 unspecified atom stereocenters. The Labute approximate surface area is 143 Å². The second-order valence-corrected chi connectivity index (χ2v) is 8.08. The Morgan fingerprint density at radius 2 is 1.83 bits per heavy atom. The molecule has 1 aromatic rings. The number of carbonyl (C=O) groups excluding carboxylic acids is 1. The fraction of sp³-hybridized carbons (Fsp3) is 0.471. The van der Waals surface area contributed by atoms with Crippen molar-refractivity contribution in [2.75, 3.05) is 6.26 Å². The molecule has 0 aromatic heterocycles. The van der Waals surface area contributed by atoms with Gasteiger partial charge in [0.05, 0.1) is 12.2 Å². The molecule has 6 nitrogen and oxygen atoms in total. The van der Waals surface area contributed by atoms with Gasteiger partial charge in [-0.2, -0.15) is 8.42 Å². The largest absolute Gasteiger partial charge is 0.460 e. The Bertz CT molecular complexity index is 662. The standard InChI is InChI=1S/C17H25NO5S/c1-17(2,3)22-16(19)14(12-13-8-6-5-7-9-13)15(10-11-18)23-24(4,20)21/h5-11,14-15H,12,18H2,1-4H3. The Hall–Kier alpha value is -1.86. The summed E-state index contributed by atoms with van der Waals surface area (Å²) in [7, 11) is -3.77. The smallest absolute Gasteiger partial charge is 0.312 e. The molecule has 0 aliphatic rings. The fourth-order valence-electron chi connectivity index (χ4n) is 2.12. The average Bonchev–Trinajstić information content (AvgIpc) is 2.42. The summed E-state index contributed by atoms with van der Waals surface area (Å²) >= 11 is 0. The van der Waals surface area contributed by atoms with Gasteiger partial charge < -0.3 is 10.5 Å². The van der Waals surface area contributed by atoms with Gasteiger partial charge in [0.1, 0.15) is 11.7 Å². The Balaban J connectivity index is 3.15. The molecule has 0 radical (unpaired) electrons. The quantitative estimate of drug-likeness (QED) is 0.594. The maximum absolute atomic E-state index is 12.6. The third kappa shape index (κ3) is 7.61. The zero-order valence-electron chi connectivity index (χ0n) is 14.4. The molecular weight excluding hydrogens is 330 g/mol. The van der Waals surface area contributed by atoms with Crippen LogP contribution in [0.25, 0.3) is 0 Å². The van der Waals surface area contributed by atoms with E-state index >= 15 is 0 Å². The van der Waals surface area contributed by atoms with Crippen LogP contribution in [0.2, 0.25) is 0 Å². The average molecular weight is 355 g/mol. The van der Waals surface area contributed by atoms with Crippen molar-refractivity contribution in [1.29, 1.82) is 0 Å². The van der Waals surface area contributed by atoms with Gasteiger partial charge in [0.2, 0.25) is 0 Å². The Morgan fingerprint density at radius 3 is 2.29 bits per heavy atom. The maximum atomic E-state index is 12.6. The first-order valence-electron chi connectivity index (χ1n) is 7.55. The van der Waals surface area contributed by atoms with E-state index in [1.54, 1.807) is 20.8 Å². The van der Waals surface area contributed by atoms with Crippen molar-refractivity contribution < 1.29 is 22.1 Å². The molecule has 24 heavy (non-hydrogen) atoms. The second kappa shape index (κ2) is 8.30. The number of benzene rings is 1. The van der Waals surface area contributed by atoms with Crippen LogP contribution in [0.5, 0.6) is 0 Å². The molecule has 0 spiro atoms. The summed E-state index contributed by atoms with van der Waals surface area (Å²) < 4.78 is 33.5. The number of rotatable bonds is 7. The normalized spacial score (nSPS) is 15.2. The van der Waals surface area contributed by atoms with Crippen molar-refractivity contribution in [2.45, 2.75) is 38.9 Å². The van der Waals surface area contributed by atoms with Gasteiger partial charge in [-0.05, 0) is 45.0 Å². The van der Waals surface area contributed by atoms with Gasteiger partial charge in [-0.25, -0.2) is 0 Å². The maximum Gasteiger partial charge on any atom is 0.312 e. The van der Waals surface area contributed by atoms with Gasteiger partial charge in [-0.1, -0.05) is 30.3 Å². The second-order valence-electron chi connectivity index (χ2n) is 6.48. The number of nitrogens with two attached hydrogens (primary N) is 1. The number of hydrogen-bond donors (Lipinski definition) is 1. The molecule has 1 aromatic carbocycles. The van der Waals surface area contributed by atoms with E-state index in [1.807, 2.05) is 30.3 Å². The molecule has 2 atom stereocenters. The van der Waals surface area contributed by atoms with Gasteiger partial charge in [0.25, 0.3) is 10.1 Å². The predicted octanol–water partition coefficient (Wildman–Crippen LogP) is 2.00. The highest BCUT2D eigenvalue weighted by Gasteiger charge is 2.34. The zero-order valence-corrected chi connectivity index (χ0v) is 15.2. The van der Waals surface area contributed by atoms with Crippen LogP contribution in [0.3, 0.4) is 0 Å². The molecule has 0 aliphatic heterocycles. The van der Waals surface area contributed by atoms with E-state index in [4.69, 9.17) is 14.7 Å². The molecule has 0 aliphatic carbocycles. The molecule has 0 amide bonds.